The molecule has 5 aromatic rings. The van der Waals surface area contributed by atoms with E-state index in [2.05, 4.69) is 115 Å². The van der Waals surface area contributed by atoms with Gasteiger partial charge in [-0.05, 0) is 55.0 Å². The minimum absolute atomic E-state index is 0.220. The molecule has 0 aliphatic rings. The van der Waals surface area contributed by atoms with E-state index < -0.39 is 13.2 Å². The van der Waals surface area contributed by atoms with Crippen LogP contribution in [0.2, 0.25) is 0 Å². The molecule has 4 heteroatoms. The fourth-order valence-electron chi connectivity index (χ4n) is 4.53. The Balaban J connectivity index is 0.000000317. The Morgan fingerprint density at radius 1 is 0.605 bits per heavy atom. The lowest BCUT2D eigenvalue weighted by Crippen LogP contribution is -2.32. The van der Waals surface area contributed by atoms with E-state index in [9.17, 15) is 9.90 Å². The molecule has 0 fully saturated rings. The molecule has 0 spiro atoms. The van der Waals surface area contributed by atoms with E-state index in [0.717, 1.165) is 11.9 Å². The molecule has 38 heavy (non-hydrogen) atoms. The lowest BCUT2D eigenvalue weighted by Gasteiger charge is -2.28. The second-order valence-electron chi connectivity index (χ2n) is 8.67. The molecule has 0 aliphatic heterocycles. The maximum atomic E-state index is 10.1. The van der Waals surface area contributed by atoms with Gasteiger partial charge in [0.1, 0.15) is 35.1 Å². The monoisotopic (exact) mass is 518 g/mol. The van der Waals surface area contributed by atoms with E-state index >= 15 is 0 Å². The lowest BCUT2D eigenvalue weighted by atomic mass is 10.2. The van der Waals surface area contributed by atoms with E-state index in [1.807, 2.05) is 6.92 Å². The Kier molecular flexibility index (Phi) is 9.45. The first kappa shape index (κ1) is 26.9. The number of benzene rings is 5. The molecule has 0 saturated carbocycles. The highest BCUT2D eigenvalue weighted by atomic mass is 31.2. The fraction of sp³-hybridized carbons (Fsp3) is 0.0882. The minimum atomic E-state index is -1.91. The summed E-state index contributed by atoms with van der Waals surface area (Å²) in [7, 11) is -1.91. The first-order valence-corrected chi connectivity index (χ1v) is 14.6. The van der Waals surface area contributed by atoms with Crippen LogP contribution in [-0.2, 0) is 6.16 Å². The molecule has 0 saturated heterocycles. The summed E-state index contributed by atoms with van der Waals surface area (Å²) in [6.45, 7) is 2.72. The summed E-state index contributed by atoms with van der Waals surface area (Å²) in [6, 6.07) is 49.5. The number of rotatable bonds is 8. The first-order chi connectivity index (χ1) is 18.6. The summed E-state index contributed by atoms with van der Waals surface area (Å²) in [6.07, 6.45) is 0.932. The van der Waals surface area contributed by atoms with E-state index in [0.29, 0.717) is 6.61 Å². The lowest BCUT2D eigenvalue weighted by molar-refractivity contribution is -0.255. The Bertz CT molecular complexity index is 1310. The van der Waals surface area contributed by atoms with Crippen LogP contribution in [-0.4, -0.2) is 12.6 Å². The van der Waals surface area contributed by atoms with Crippen LogP contribution < -0.4 is 25.8 Å². The van der Waals surface area contributed by atoms with Crippen LogP contribution in [0.4, 0.5) is 0 Å². The highest BCUT2D eigenvalue weighted by Gasteiger charge is 2.45. The van der Waals surface area contributed by atoms with Crippen LogP contribution in [0, 0.1) is 0 Å². The maximum absolute atomic E-state index is 10.1. The van der Waals surface area contributed by atoms with Crippen LogP contribution in [0.1, 0.15) is 22.8 Å². The summed E-state index contributed by atoms with van der Waals surface area (Å²) in [5, 5.41) is 14.3. The average Bonchev–Trinajstić information content (AvgIpc) is 2.99. The van der Waals surface area contributed by atoms with Crippen molar-refractivity contribution < 1.29 is 14.6 Å². The van der Waals surface area contributed by atoms with Gasteiger partial charge in [-0.25, -0.2) is 0 Å². The Morgan fingerprint density at radius 3 is 1.39 bits per heavy atom. The molecule has 5 aromatic carbocycles. The summed E-state index contributed by atoms with van der Waals surface area (Å²) < 4.78 is 6.01. The number of para-hydroxylation sites is 1. The normalized spacial score (nSPS) is 10.7. The molecule has 0 aromatic heterocycles. The Hall–Kier alpha value is -4.20. The zero-order valence-electron chi connectivity index (χ0n) is 21.4. The predicted octanol–water partition coefficient (Wildman–Crippen LogP) is 5.63. The molecule has 0 unspecified atom stereocenters. The van der Waals surface area contributed by atoms with Gasteiger partial charge in [-0.15, -0.1) is 0 Å². The van der Waals surface area contributed by atoms with E-state index in [1.54, 1.807) is 18.2 Å². The number of ether oxygens (including phenoxy) is 1. The van der Waals surface area contributed by atoms with Crippen LogP contribution in [0.5, 0.6) is 5.75 Å². The second kappa shape index (κ2) is 13.4. The topological polar surface area (TPSA) is 49.4 Å². The summed E-state index contributed by atoms with van der Waals surface area (Å²) in [4.78, 5) is 10.1. The van der Waals surface area contributed by atoms with Gasteiger partial charge in [0.15, 0.2) is 0 Å². The van der Waals surface area contributed by atoms with Gasteiger partial charge in [0.05, 0.1) is 12.6 Å². The number of carbonyl (C=O) groups excluding carboxylic acids is 1. The van der Waals surface area contributed by atoms with Crippen LogP contribution >= 0.6 is 7.26 Å². The number of aromatic carboxylic acids is 1. The van der Waals surface area contributed by atoms with E-state index in [-0.39, 0.29) is 5.56 Å². The Labute approximate surface area is 225 Å². The van der Waals surface area contributed by atoms with Crippen molar-refractivity contribution in [2.24, 2.45) is 0 Å². The molecule has 0 atom stereocenters. The molecule has 0 amide bonds. The van der Waals surface area contributed by atoms with Crippen molar-refractivity contribution in [1.82, 2.24) is 0 Å². The first-order valence-electron chi connectivity index (χ1n) is 12.7. The van der Waals surface area contributed by atoms with Gasteiger partial charge >= 0.3 is 0 Å². The van der Waals surface area contributed by atoms with Crippen molar-refractivity contribution in [3.05, 3.63) is 157 Å². The highest BCUT2D eigenvalue weighted by Crippen LogP contribution is 2.58. The SMILES string of the molecule is CCOc1ccccc1C[P+](c1ccccc1)(c1ccccc1)c1ccccc1.O=C([O-])c1ccccc1. The third kappa shape index (κ3) is 6.37. The summed E-state index contributed by atoms with van der Waals surface area (Å²) >= 11 is 0. The van der Waals surface area contributed by atoms with Gasteiger partial charge in [0.2, 0.25) is 0 Å². The number of hydrogen-bond donors (Lipinski definition) is 0. The largest absolute Gasteiger partial charge is 0.545 e. The number of carbonyl (C=O) groups is 1. The smallest absolute Gasteiger partial charge is 0.126 e. The van der Waals surface area contributed by atoms with Gasteiger partial charge in [-0.3, -0.25) is 0 Å². The minimum Gasteiger partial charge on any atom is -0.545 e. The van der Waals surface area contributed by atoms with Gasteiger partial charge in [-0.1, -0.05) is 103 Å². The molecule has 0 bridgehead atoms. The molecule has 3 nitrogen and oxygen atoms in total. The molecule has 5 rings (SSSR count). The number of hydrogen-bond acceptors (Lipinski definition) is 3. The van der Waals surface area contributed by atoms with Crippen molar-refractivity contribution in [3.8, 4) is 5.75 Å². The number of carboxylic acid groups (broad SMARTS) is 1. The van der Waals surface area contributed by atoms with Crippen molar-refractivity contribution in [2.45, 2.75) is 13.1 Å². The van der Waals surface area contributed by atoms with E-state index in [1.165, 1.54) is 33.6 Å². The second-order valence-corrected chi connectivity index (χ2v) is 12.2. The molecular formula is C34H31O3P. The predicted molar refractivity (Wildman–Crippen MR) is 157 cm³/mol. The third-order valence-corrected chi connectivity index (χ3v) is 10.6. The highest BCUT2D eigenvalue weighted by molar-refractivity contribution is 7.95. The van der Waals surface area contributed by atoms with Crippen LogP contribution in [0.15, 0.2) is 146 Å². The quantitative estimate of drug-likeness (QED) is 0.250. The van der Waals surface area contributed by atoms with Gasteiger partial charge < -0.3 is 14.6 Å². The van der Waals surface area contributed by atoms with Crippen molar-refractivity contribution in [1.29, 1.82) is 0 Å². The molecule has 190 valence electrons. The summed E-state index contributed by atoms with van der Waals surface area (Å²) in [5.74, 6) is -0.141. The van der Waals surface area contributed by atoms with Gasteiger partial charge in [0.25, 0.3) is 0 Å². The maximum Gasteiger partial charge on any atom is 0.126 e. The zero-order valence-corrected chi connectivity index (χ0v) is 22.3. The molecule has 0 radical (unpaired) electrons. The average molecular weight is 519 g/mol. The zero-order chi connectivity index (χ0) is 26.6. The van der Waals surface area contributed by atoms with Gasteiger partial charge in [-0.2, -0.15) is 0 Å². The van der Waals surface area contributed by atoms with Crippen LogP contribution in [0.25, 0.3) is 0 Å². The van der Waals surface area contributed by atoms with Crippen molar-refractivity contribution in [3.63, 3.8) is 0 Å². The molecular weight excluding hydrogens is 487 g/mol. The van der Waals surface area contributed by atoms with Crippen molar-refractivity contribution in [2.75, 3.05) is 6.61 Å². The van der Waals surface area contributed by atoms with Gasteiger partial charge in [0, 0.05) is 5.56 Å². The standard InChI is InChI=1S/C27H26OP.C7H6O2/c1-2-28-27-21-13-12-14-23(27)22-29(24-15-6-3-7-16-24,25-17-8-4-9-18-25)26-19-10-5-11-20-26;8-7(9)6-4-2-1-3-5-6/h3-21H,2,22H2,1H3;1-5H,(H,8,9)/q+1;/p-1. The molecule has 0 N–H and O–H groups in total. The molecule has 0 aliphatic carbocycles. The van der Waals surface area contributed by atoms with Crippen molar-refractivity contribution >= 4 is 29.1 Å². The number of carboxylic acids is 1. The third-order valence-electron chi connectivity index (χ3n) is 6.28. The molecule has 0 heterocycles. The fourth-order valence-corrected chi connectivity index (χ4v) is 8.79. The Morgan fingerprint density at radius 2 is 1.00 bits per heavy atom. The summed E-state index contributed by atoms with van der Waals surface area (Å²) in [5.41, 5.74) is 1.48. The van der Waals surface area contributed by atoms with Crippen LogP contribution in [0.3, 0.4) is 0 Å². The van der Waals surface area contributed by atoms with E-state index in [4.69, 9.17) is 4.74 Å².